The summed E-state index contributed by atoms with van der Waals surface area (Å²) in [6, 6.07) is 14.2. The van der Waals surface area contributed by atoms with Crippen LogP contribution in [-0.4, -0.2) is 17.4 Å². The topological polar surface area (TPSA) is 42.0 Å². The van der Waals surface area contributed by atoms with Crippen LogP contribution in [0.2, 0.25) is 0 Å². The molecule has 3 nitrogen and oxygen atoms in total. The van der Waals surface area contributed by atoms with Gasteiger partial charge in [-0.05, 0) is 48.8 Å². The van der Waals surface area contributed by atoms with Crippen molar-refractivity contribution in [2.45, 2.75) is 31.6 Å². The smallest absolute Gasteiger partial charge is 0.227 e. The summed E-state index contributed by atoms with van der Waals surface area (Å²) < 4.78 is 0. The van der Waals surface area contributed by atoms with Crippen LogP contribution in [0.4, 0.5) is 0 Å². The molecule has 0 spiro atoms. The van der Waals surface area contributed by atoms with Crippen LogP contribution in [0.5, 0.6) is 0 Å². The third-order valence-corrected chi connectivity index (χ3v) is 4.20. The Labute approximate surface area is 131 Å². The molecule has 114 valence electrons. The molecule has 1 fully saturated rings. The van der Waals surface area contributed by atoms with Crippen molar-refractivity contribution in [2.75, 3.05) is 6.54 Å². The number of rotatable bonds is 7. The van der Waals surface area contributed by atoms with E-state index in [2.05, 4.69) is 28.5 Å². The number of hydrogen-bond donors (Lipinski definition) is 1. The summed E-state index contributed by atoms with van der Waals surface area (Å²) in [5.74, 6) is 0.736. The molecule has 1 aliphatic rings. The first-order valence-corrected chi connectivity index (χ1v) is 8.06. The number of nitrogens with one attached hydrogen (secondary N) is 1. The van der Waals surface area contributed by atoms with Gasteiger partial charge in [0.25, 0.3) is 0 Å². The van der Waals surface area contributed by atoms with Gasteiger partial charge in [0.15, 0.2) is 0 Å². The van der Waals surface area contributed by atoms with Gasteiger partial charge in [0.1, 0.15) is 0 Å². The van der Waals surface area contributed by atoms with Crippen LogP contribution >= 0.6 is 0 Å². The second-order valence-electron chi connectivity index (χ2n) is 5.98. The van der Waals surface area contributed by atoms with Crippen molar-refractivity contribution in [3.63, 3.8) is 0 Å². The van der Waals surface area contributed by atoms with Crippen molar-refractivity contribution in [1.82, 2.24) is 10.3 Å². The molecule has 1 aromatic carbocycles. The molecule has 1 aromatic heterocycles. The van der Waals surface area contributed by atoms with E-state index in [1.54, 1.807) is 6.20 Å². The highest BCUT2D eigenvalue weighted by Crippen LogP contribution is 2.42. The largest absolute Gasteiger partial charge is 0.356 e. The van der Waals surface area contributed by atoms with Gasteiger partial charge in [-0.3, -0.25) is 9.78 Å². The third kappa shape index (κ3) is 3.94. The van der Waals surface area contributed by atoms with Gasteiger partial charge in [-0.25, -0.2) is 0 Å². The second kappa shape index (κ2) is 7.21. The molecule has 0 saturated heterocycles. The number of carbonyl (C=O) groups excluding carboxylic acids is 1. The Hall–Kier alpha value is -2.16. The zero-order valence-corrected chi connectivity index (χ0v) is 12.7. The highest BCUT2D eigenvalue weighted by atomic mass is 16.1. The van der Waals surface area contributed by atoms with Crippen LogP contribution in [0.3, 0.4) is 0 Å². The van der Waals surface area contributed by atoms with Crippen LogP contribution < -0.4 is 5.32 Å². The Morgan fingerprint density at radius 3 is 2.68 bits per heavy atom. The van der Waals surface area contributed by atoms with Crippen molar-refractivity contribution in [3.05, 3.63) is 66.0 Å². The Kier molecular flexibility index (Phi) is 4.84. The maximum absolute atomic E-state index is 12.5. The molecule has 0 bridgehead atoms. The first-order valence-electron chi connectivity index (χ1n) is 8.06. The van der Waals surface area contributed by atoms with Crippen LogP contribution in [0.1, 0.15) is 36.3 Å². The second-order valence-corrected chi connectivity index (χ2v) is 5.98. The van der Waals surface area contributed by atoms with E-state index in [1.807, 2.05) is 30.5 Å². The molecule has 3 heteroatoms. The van der Waals surface area contributed by atoms with Gasteiger partial charge in [0, 0.05) is 18.9 Å². The molecule has 2 aromatic rings. The summed E-state index contributed by atoms with van der Waals surface area (Å²) in [6.07, 6.45) is 7.91. The Morgan fingerprint density at radius 1 is 1.18 bits per heavy atom. The predicted octanol–water partition coefficient (Wildman–Crippen LogP) is 3.32. The lowest BCUT2D eigenvalue weighted by Crippen LogP contribution is -2.31. The van der Waals surface area contributed by atoms with E-state index in [-0.39, 0.29) is 11.8 Å². The summed E-state index contributed by atoms with van der Waals surface area (Å²) in [6.45, 7) is 0.726. The van der Waals surface area contributed by atoms with Gasteiger partial charge < -0.3 is 5.32 Å². The van der Waals surface area contributed by atoms with Crippen molar-refractivity contribution in [2.24, 2.45) is 5.92 Å². The number of carbonyl (C=O) groups is 1. The third-order valence-electron chi connectivity index (χ3n) is 4.20. The van der Waals surface area contributed by atoms with Gasteiger partial charge in [0.2, 0.25) is 5.91 Å². The number of benzene rings is 1. The molecule has 22 heavy (non-hydrogen) atoms. The zero-order valence-electron chi connectivity index (χ0n) is 12.7. The molecule has 1 aliphatic carbocycles. The number of aromatic nitrogens is 1. The average molecular weight is 294 g/mol. The molecule has 0 aliphatic heterocycles. The van der Waals surface area contributed by atoms with Gasteiger partial charge in [-0.1, -0.05) is 36.4 Å². The van der Waals surface area contributed by atoms with Crippen molar-refractivity contribution in [1.29, 1.82) is 0 Å². The lowest BCUT2D eigenvalue weighted by molar-refractivity contribution is -0.123. The summed E-state index contributed by atoms with van der Waals surface area (Å²) in [5, 5.41) is 3.11. The minimum absolute atomic E-state index is 0.0274. The van der Waals surface area contributed by atoms with E-state index in [1.165, 1.54) is 18.4 Å². The molecule has 1 unspecified atom stereocenters. The molecule has 1 N–H and O–H groups in total. The van der Waals surface area contributed by atoms with Crippen molar-refractivity contribution >= 4 is 5.91 Å². The number of aryl methyl sites for hydroxylation is 1. The summed E-state index contributed by atoms with van der Waals surface area (Å²) in [5.41, 5.74) is 2.37. The minimum atomic E-state index is 0.0274. The molecule has 1 saturated carbocycles. The van der Waals surface area contributed by atoms with Gasteiger partial charge in [0.05, 0.1) is 5.92 Å². The highest BCUT2D eigenvalue weighted by Gasteiger charge is 2.36. The maximum Gasteiger partial charge on any atom is 0.227 e. The zero-order chi connectivity index (χ0) is 15.2. The molecule has 1 amide bonds. The van der Waals surface area contributed by atoms with Crippen LogP contribution in [0, 0.1) is 5.92 Å². The predicted molar refractivity (Wildman–Crippen MR) is 87.5 cm³/mol. The highest BCUT2D eigenvalue weighted by molar-refractivity contribution is 5.84. The fourth-order valence-electron chi connectivity index (χ4n) is 2.89. The van der Waals surface area contributed by atoms with Crippen LogP contribution in [-0.2, 0) is 11.2 Å². The summed E-state index contributed by atoms with van der Waals surface area (Å²) in [7, 11) is 0. The van der Waals surface area contributed by atoms with E-state index >= 15 is 0 Å². The van der Waals surface area contributed by atoms with E-state index in [9.17, 15) is 4.79 Å². The Bertz CT molecular complexity index is 593. The summed E-state index contributed by atoms with van der Waals surface area (Å²) >= 11 is 0. The molecule has 1 heterocycles. The summed E-state index contributed by atoms with van der Waals surface area (Å²) in [4.78, 5) is 16.6. The Morgan fingerprint density at radius 2 is 2.00 bits per heavy atom. The van der Waals surface area contributed by atoms with E-state index in [4.69, 9.17) is 0 Å². The van der Waals surface area contributed by atoms with E-state index < -0.39 is 0 Å². The molecular formula is C19H22N2O. The van der Waals surface area contributed by atoms with Crippen molar-refractivity contribution < 1.29 is 4.79 Å². The molecule has 3 rings (SSSR count). The van der Waals surface area contributed by atoms with Gasteiger partial charge in [-0.2, -0.15) is 0 Å². The van der Waals surface area contributed by atoms with Crippen molar-refractivity contribution in [3.8, 4) is 0 Å². The SMILES string of the molecule is O=C(NCCCc1cccnc1)C(c1ccccc1)C1CC1. The van der Waals surface area contributed by atoms with Gasteiger partial charge >= 0.3 is 0 Å². The first kappa shape index (κ1) is 14.8. The minimum Gasteiger partial charge on any atom is -0.356 e. The average Bonchev–Trinajstić information content (AvgIpc) is 3.39. The lowest BCUT2D eigenvalue weighted by Gasteiger charge is -2.16. The first-order chi connectivity index (χ1) is 10.8. The number of amides is 1. The fourth-order valence-corrected chi connectivity index (χ4v) is 2.89. The molecule has 1 atom stereocenters. The van der Waals surface area contributed by atoms with E-state index in [0.717, 1.165) is 24.9 Å². The number of hydrogen-bond acceptors (Lipinski definition) is 2. The Balaban J connectivity index is 1.50. The standard InChI is InChI=1S/C19H22N2O/c22-19(21-13-5-7-15-6-4-12-20-14-15)18(17-10-11-17)16-8-2-1-3-9-16/h1-4,6,8-9,12,14,17-18H,5,7,10-11,13H2,(H,21,22). The monoisotopic (exact) mass is 294 g/mol. The fraction of sp³-hybridized carbons (Fsp3) is 0.368. The molecule has 0 radical (unpaired) electrons. The number of nitrogens with zero attached hydrogens (tertiary/aromatic N) is 1. The quantitative estimate of drug-likeness (QED) is 0.796. The van der Waals surface area contributed by atoms with E-state index in [0.29, 0.717) is 5.92 Å². The normalized spacial score (nSPS) is 15.3. The van der Waals surface area contributed by atoms with Gasteiger partial charge in [-0.15, -0.1) is 0 Å². The van der Waals surface area contributed by atoms with Crippen LogP contribution in [0.15, 0.2) is 54.9 Å². The van der Waals surface area contributed by atoms with Crippen LogP contribution in [0.25, 0.3) is 0 Å². The lowest BCUT2D eigenvalue weighted by atomic mass is 9.93. The number of pyridine rings is 1. The maximum atomic E-state index is 12.5. The molecular weight excluding hydrogens is 272 g/mol.